The molecule has 8 heteroatoms. The molecule has 126 valence electrons. The van der Waals surface area contributed by atoms with Gasteiger partial charge in [-0.15, -0.1) is 11.3 Å². The average molecular weight is 367 g/mol. The molecule has 0 saturated heterocycles. The maximum absolute atomic E-state index is 12.1. The van der Waals surface area contributed by atoms with Crippen molar-refractivity contribution in [2.24, 2.45) is 5.73 Å². The smallest absolute Gasteiger partial charge is 0.311 e. The molecule has 1 aromatic carbocycles. The zero-order chi connectivity index (χ0) is 17.7. The molecule has 6 nitrogen and oxygen atoms in total. The number of ether oxygens (including phenoxy) is 1. The first-order valence-electron chi connectivity index (χ1n) is 6.99. The van der Waals surface area contributed by atoms with Crippen LogP contribution in [0.25, 0.3) is 0 Å². The Morgan fingerprint density at radius 1 is 1.29 bits per heavy atom. The van der Waals surface area contributed by atoms with E-state index in [0.29, 0.717) is 15.6 Å². The molecule has 2 aromatic rings. The summed E-state index contributed by atoms with van der Waals surface area (Å²) in [5, 5.41) is 4.93. The molecule has 1 aromatic heterocycles. The second-order valence-corrected chi connectivity index (χ2v) is 6.24. The SMILES string of the molecule is C[C@H](OC(=O)Cc1ccccc1Cl)C(=O)Nc1sccc1C(N)=O. The highest BCUT2D eigenvalue weighted by Crippen LogP contribution is 2.23. The van der Waals surface area contributed by atoms with Gasteiger partial charge >= 0.3 is 5.97 Å². The molecule has 0 spiro atoms. The van der Waals surface area contributed by atoms with Crippen LogP contribution in [0.3, 0.4) is 0 Å². The van der Waals surface area contributed by atoms with Crippen LogP contribution in [0, 0.1) is 0 Å². The fourth-order valence-electron chi connectivity index (χ4n) is 1.90. The lowest BCUT2D eigenvalue weighted by molar-refractivity contribution is -0.152. The van der Waals surface area contributed by atoms with Crippen LogP contribution in [0.2, 0.25) is 5.02 Å². The number of primary amides is 1. The van der Waals surface area contributed by atoms with Crippen LogP contribution in [0.4, 0.5) is 5.00 Å². The van der Waals surface area contributed by atoms with E-state index < -0.39 is 23.9 Å². The molecule has 24 heavy (non-hydrogen) atoms. The van der Waals surface area contributed by atoms with Gasteiger partial charge in [0.1, 0.15) is 5.00 Å². The Balaban J connectivity index is 1.94. The number of rotatable bonds is 6. The number of nitrogens with one attached hydrogen (secondary N) is 1. The Labute approximate surface area is 147 Å². The van der Waals surface area contributed by atoms with Gasteiger partial charge in [-0.25, -0.2) is 0 Å². The monoisotopic (exact) mass is 366 g/mol. The van der Waals surface area contributed by atoms with Crippen molar-refractivity contribution in [2.75, 3.05) is 5.32 Å². The van der Waals surface area contributed by atoms with E-state index in [-0.39, 0.29) is 12.0 Å². The summed E-state index contributed by atoms with van der Waals surface area (Å²) in [5.74, 6) is -1.77. The first-order valence-corrected chi connectivity index (χ1v) is 8.25. The van der Waals surface area contributed by atoms with Crippen LogP contribution in [0.5, 0.6) is 0 Å². The number of anilines is 1. The number of benzene rings is 1. The van der Waals surface area contributed by atoms with E-state index in [1.54, 1.807) is 29.6 Å². The fourth-order valence-corrected chi connectivity index (χ4v) is 2.90. The van der Waals surface area contributed by atoms with Crippen LogP contribution in [0.1, 0.15) is 22.8 Å². The van der Waals surface area contributed by atoms with Gasteiger partial charge < -0.3 is 15.8 Å². The first-order chi connectivity index (χ1) is 11.4. The van der Waals surface area contributed by atoms with Gasteiger partial charge in [-0.05, 0) is 30.0 Å². The van der Waals surface area contributed by atoms with Crippen LogP contribution in [-0.2, 0) is 20.7 Å². The molecule has 0 aliphatic carbocycles. The predicted octanol–water partition coefficient (Wildman–Crippen LogP) is 2.61. The average Bonchev–Trinajstić information content (AvgIpc) is 2.97. The van der Waals surface area contributed by atoms with Gasteiger partial charge in [0.05, 0.1) is 12.0 Å². The van der Waals surface area contributed by atoms with Gasteiger partial charge in [0.25, 0.3) is 11.8 Å². The van der Waals surface area contributed by atoms with Crippen LogP contribution >= 0.6 is 22.9 Å². The number of nitrogens with two attached hydrogens (primary N) is 1. The maximum Gasteiger partial charge on any atom is 0.311 e. The topological polar surface area (TPSA) is 98.5 Å². The van der Waals surface area contributed by atoms with E-state index in [4.69, 9.17) is 22.1 Å². The Morgan fingerprint density at radius 2 is 2.00 bits per heavy atom. The molecule has 0 radical (unpaired) electrons. The Bertz CT molecular complexity index is 775. The molecular weight excluding hydrogens is 352 g/mol. The summed E-state index contributed by atoms with van der Waals surface area (Å²) in [7, 11) is 0. The van der Waals surface area contributed by atoms with Crippen molar-refractivity contribution in [1.29, 1.82) is 0 Å². The number of carbonyl (C=O) groups excluding carboxylic acids is 3. The molecule has 3 N–H and O–H groups in total. The van der Waals surface area contributed by atoms with Crippen LogP contribution in [0.15, 0.2) is 35.7 Å². The number of esters is 1. The summed E-state index contributed by atoms with van der Waals surface area (Å²) in [6.45, 7) is 1.44. The maximum atomic E-state index is 12.1. The third-order valence-corrected chi connectivity index (χ3v) is 4.34. The zero-order valence-electron chi connectivity index (χ0n) is 12.7. The first kappa shape index (κ1) is 18.0. The molecule has 2 amide bonds. The van der Waals surface area contributed by atoms with E-state index >= 15 is 0 Å². The molecule has 0 aliphatic rings. The highest BCUT2D eigenvalue weighted by Gasteiger charge is 2.21. The van der Waals surface area contributed by atoms with Crippen molar-refractivity contribution >= 4 is 45.7 Å². The highest BCUT2D eigenvalue weighted by atomic mass is 35.5. The van der Waals surface area contributed by atoms with Gasteiger partial charge in [0.2, 0.25) is 0 Å². The largest absolute Gasteiger partial charge is 0.452 e. The van der Waals surface area contributed by atoms with Crippen molar-refractivity contribution in [3.63, 3.8) is 0 Å². The van der Waals surface area contributed by atoms with Gasteiger partial charge in [-0.3, -0.25) is 14.4 Å². The molecule has 0 saturated carbocycles. The lowest BCUT2D eigenvalue weighted by atomic mass is 10.1. The normalized spacial score (nSPS) is 11.6. The summed E-state index contributed by atoms with van der Waals surface area (Å²) in [5.41, 5.74) is 6.04. The third-order valence-electron chi connectivity index (χ3n) is 3.14. The Hall–Kier alpha value is -2.38. The van der Waals surface area contributed by atoms with Crippen molar-refractivity contribution in [2.45, 2.75) is 19.4 Å². The van der Waals surface area contributed by atoms with Crippen LogP contribution in [-0.4, -0.2) is 23.9 Å². The number of hydrogen-bond donors (Lipinski definition) is 2. The zero-order valence-corrected chi connectivity index (χ0v) is 14.3. The third kappa shape index (κ3) is 4.56. The van der Waals surface area contributed by atoms with E-state index in [1.165, 1.54) is 13.0 Å². The van der Waals surface area contributed by atoms with Crippen molar-refractivity contribution in [3.05, 3.63) is 51.9 Å². The van der Waals surface area contributed by atoms with E-state index in [0.717, 1.165) is 11.3 Å². The molecule has 0 aliphatic heterocycles. The van der Waals surface area contributed by atoms with Gasteiger partial charge in [-0.1, -0.05) is 29.8 Å². The molecule has 0 fully saturated rings. The van der Waals surface area contributed by atoms with Gasteiger partial charge in [0, 0.05) is 5.02 Å². The summed E-state index contributed by atoms with van der Waals surface area (Å²) in [4.78, 5) is 35.2. The summed E-state index contributed by atoms with van der Waals surface area (Å²) < 4.78 is 5.10. The van der Waals surface area contributed by atoms with Gasteiger partial charge in [-0.2, -0.15) is 0 Å². The number of halogens is 1. The minimum absolute atomic E-state index is 0.0389. The number of carbonyl (C=O) groups is 3. The number of hydrogen-bond acceptors (Lipinski definition) is 5. The molecular formula is C16H15ClN2O4S. The Morgan fingerprint density at radius 3 is 2.67 bits per heavy atom. The fraction of sp³-hybridized carbons (Fsp3) is 0.188. The summed E-state index contributed by atoms with van der Waals surface area (Å²) in [6, 6.07) is 8.40. The molecule has 0 unspecified atom stereocenters. The quantitative estimate of drug-likeness (QED) is 0.767. The minimum atomic E-state index is -1.03. The molecule has 1 heterocycles. The number of thiophene rings is 1. The predicted molar refractivity (Wildman–Crippen MR) is 92.2 cm³/mol. The second kappa shape index (κ2) is 7.94. The molecule has 2 rings (SSSR count). The minimum Gasteiger partial charge on any atom is -0.452 e. The summed E-state index contributed by atoms with van der Waals surface area (Å²) in [6.07, 6.45) is -1.06. The molecule has 1 atom stereocenters. The lowest BCUT2D eigenvalue weighted by Gasteiger charge is -2.13. The lowest BCUT2D eigenvalue weighted by Crippen LogP contribution is -2.31. The standard InChI is InChI=1S/C16H15ClN2O4S/c1-9(15(22)19-16-11(14(18)21)6-7-24-16)23-13(20)8-10-4-2-3-5-12(10)17/h2-7,9H,8H2,1H3,(H2,18,21)(H,19,22)/t9-/m0/s1. The molecule has 0 bridgehead atoms. The van der Waals surface area contributed by atoms with Crippen LogP contribution < -0.4 is 11.1 Å². The van der Waals surface area contributed by atoms with Gasteiger partial charge in [0.15, 0.2) is 6.10 Å². The van der Waals surface area contributed by atoms with E-state index in [9.17, 15) is 14.4 Å². The van der Waals surface area contributed by atoms with E-state index in [2.05, 4.69) is 5.32 Å². The van der Waals surface area contributed by atoms with Crippen molar-refractivity contribution in [3.8, 4) is 0 Å². The summed E-state index contributed by atoms with van der Waals surface area (Å²) >= 11 is 7.14. The van der Waals surface area contributed by atoms with E-state index in [1.807, 2.05) is 0 Å². The highest BCUT2D eigenvalue weighted by molar-refractivity contribution is 7.14. The Kier molecular flexibility index (Phi) is 5.94. The second-order valence-electron chi connectivity index (χ2n) is 4.92. The van der Waals surface area contributed by atoms with Crippen molar-refractivity contribution in [1.82, 2.24) is 0 Å². The number of amides is 2. The van der Waals surface area contributed by atoms with Crippen molar-refractivity contribution < 1.29 is 19.1 Å².